The number of hydrogen-bond acceptors (Lipinski definition) is 2. The monoisotopic (exact) mass is 286 g/mol. The summed E-state index contributed by atoms with van der Waals surface area (Å²) < 4.78 is 0. The fourth-order valence-electron chi connectivity index (χ4n) is 3.83. The molecule has 0 unspecified atom stereocenters. The van der Waals surface area contributed by atoms with Gasteiger partial charge in [-0.2, -0.15) is 0 Å². The Kier molecular flexibility index (Phi) is 4.97. The Bertz CT molecular complexity index is 411. The molecule has 2 aliphatic rings. The molecule has 1 aliphatic heterocycles. The van der Waals surface area contributed by atoms with Crippen LogP contribution in [-0.4, -0.2) is 30.6 Å². The smallest absolute Gasteiger partial charge is 0.0233 e. The topological polar surface area (TPSA) is 15.3 Å². The van der Waals surface area contributed by atoms with E-state index >= 15 is 0 Å². The quantitative estimate of drug-likeness (QED) is 0.855. The van der Waals surface area contributed by atoms with Crippen molar-refractivity contribution in [1.82, 2.24) is 10.2 Å². The molecule has 21 heavy (non-hydrogen) atoms. The lowest BCUT2D eigenvalue weighted by Crippen LogP contribution is -2.47. The molecule has 2 nitrogen and oxygen atoms in total. The zero-order chi connectivity index (χ0) is 14.5. The summed E-state index contributed by atoms with van der Waals surface area (Å²) >= 11 is 0. The normalized spacial score (nSPS) is 22.9. The molecule has 1 aromatic rings. The van der Waals surface area contributed by atoms with Crippen LogP contribution in [0, 0.1) is 5.41 Å². The van der Waals surface area contributed by atoms with E-state index in [0.29, 0.717) is 5.41 Å². The molecule has 0 radical (unpaired) electrons. The zero-order valence-electron chi connectivity index (χ0n) is 13.5. The molecular formula is C19H30N2. The lowest BCUT2D eigenvalue weighted by Gasteiger charge is -2.43. The molecule has 1 N–H and O–H groups in total. The maximum atomic E-state index is 3.87. The molecule has 116 valence electrons. The number of piperidine rings is 1. The van der Waals surface area contributed by atoms with Gasteiger partial charge in [0, 0.05) is 19.1 Å². The number of likely N-dealkylation sites (tertiary alicyclic amines) is 1. The van der Waals surface area contributed by atoms with Gasteiger partial charge in [-0.1, -0.05) is 43.7 Å². The second-order valence-electron chi connectivity index (χ2n) is 7.12. The lowest BCUT2D eigenvalue weighted by molar-refractivity contribution is 0.108. The standard InChI is InChI=1S/C19H30N2/c1-2-19(11-6-12-19)16-20-18-9-13-21(14-10-18)15-17-7-4-3-5-8-17/h3-5,7-8,18,20H,2,6,9-16H2,1H3. The Hall–Kier alpha value is -0.860. The first-order chi connectivity index (χ1) is 10.3. The van der Waals surface area contributed by atoms with Crippen LogP contribution in [0.15, 0.2) is 30.3 Å². The van der Waals surface area contributed by atoms with E-state index in [0.717, 1.165) is 12.6 Å². The first-order valence-electron chi connectivity index (χ1n) is 8.79. The second kappa shape index (κ2) is 6.93. The van der Waals surface area contributed by atoms with Gasteiger partial charge < -0.3 is 5.32 Å². The highest BCUT2D eigenvalue weighted by atomic mass is 15.1. The average Bonchev–Trinajstić information content (AvgIpc) is 2.49. The van der Waals surface area contributed by atoms with Crippen molar-refractivity contribution in [2.45, 2.75) is 58.0 Å². The summed E-state index contributed by atoms with van der Waals surface area (Å²) in [4.78, 5) is 2.60. The van der Waals surface area contributed by atoms with Gasteiger partial charge in [0.1, 0.15) is 0 Å². The van der Waals surface area contributed by atoms with Gasteiger partial charge in [0.05, 0.1) is 0 Å². The Labute approximate surface area is 129 Å². The number of benzene rings is 1. The van der Waals surface area contributed by atoms with E-state index in [-0.39, 0.29) is 0 Å². The molecule has 0 bridgehead atoms. The van der Waals surface area contributed by atoms with Crippen molar-refractivity contribution in [3.05, 3.63) is 35.9 Å². The summed E-state index contributed by atoms with van der Waals surface area (Å²) in [5, 5.41) is 3.87. The van der Waals surface area contributed by atoms with E-state index in [1.807, 2.05) is 0 Å². The van der Waals surface area contributed by atoms with E-state index in [2.05, 4.69) is 47.5 Å². The molecule has 1 aliphatic carbocycles. The van der Waals surface area contributed by atoms with Crippen molar-refractivity contribution in [2.75, 3.05) is 19.6 Å². The van der Waals surface area contributed by atoms with Crippen molar-refractivity contribution in [3.63, 3.8) is 0 Å². The first-order valence-corrected chi connectivity index (χ1v) is 8.79. The molecule has 1 saturated carbocycles. The molecule has 1 aromatic carbocycles. The van der Waals surface area contributed by atoms with Gasteiger partial charge in [0.25, 0.3) is 0 Å². The molecule has 0 amide bonds. The number of nitrogens with zero attached hydrogens (tertiary/aromatic N) is 1. The van der Waals surface area contributed by atoms with Crippen LogP contribution in [-0.2, 0) is 6.54 Å². The summed E-state index contributed by atoms with van der Waals surface area (Å²) in [6.07, 6.45) is 8.32. The molecule has 0 spiro atoms. The van der Waals surface area contributed by atoms with E-state index in [1.54, 1.807) is 0 Å². The summed E-state index contributed by atoms with van der Waals surface area (Å²) in [7, 11) is 0. The van der Waals surface area contributed by atoms with Crippen LogP contribution in [0.1, 0.15) is 51.0 Å². The van der Waals surface area contributed by atoms with Crippen LogP contribution in [0.25, 0.3) is 0 Å². The van der Waals surface area contributed by atoms with Crippen molar-refractivity contribution in [3.8, 4) is 0 Å². The van der Waals surface area contributed by atoms with E-state index in [1.165, 1.54) is 63.7 Å². The zero-order valence-corrected chi connectivity index (χ0v) is 13.5. The summed E-state index contributed by atoms with van der Waals surface area (Å²) in [5.74, 6) is 0. The van der Waals surface area contributed by atoms with Gasteiger partial charge in [-0.3, -0.25) is 4.90 Å². The van der Waals surface area contributed by atoms with Crippen molar-refractivity contribution in [2.24, 2.45) is 5.41 Å². The second-order valence-corrected chi connectivity index (χ2v) is 7.12. The number of hydrogen-bond donors (Lipinski definition) is 1. The molecule has 1 heterocycles. The van der Waals surface area contributed by atoms with Crippen molar-refractivity contribution < 1.29 is 0 Å². The fraction of sp³-hybridized carbons (Fsp3) is 0.684. The third kappa shape index (κ3) is 3.87. The van der Waals surface area contributed by atoms with Gasteiger partial charge in [-0.25, -0.2) is 0 Å². The minimum Gasteiger partial charge on any atom is -0.313 e. The van der Waals surface area contributed by atoms with Crippen LogP contribution in [0.3, 0.4) is 0 Å². The third-order valence-corrected chi connectivity index (χ3v) is 5.77. The summed E-state index contributed by atoms with van der Waals surface area (Å²) in [5.41, 5.74) is 2.10. The van der Waals surface area contributed by atoms with Gasteiger partial charge in [-0.15, -0.1) is 0 Å². The van der Waals surface area contributed by atoms with Crippen LogP contribution < -0.4 is 5.32 Å². The van der Waals surface area contributed by atoms with E-state index in [9.17, 15) is 0 Å². The first kappa shape index (κ1) is 15.1. The highest BCUT2D eigenvalue weighted by molar-refractivity contribution is 5.14. The van der Waals surface area contributed by atoms with Gasteiger partial charge in [0.2, 0.25) is 0 Å². The third-order valence-electron chi connectivity index (χ3n) is 5.77. The molecule has 2 heteroatoms. The fourth-order valence-corrected chi connectivity index (χ4v) is 3.83. The Morgan fingerprint density at radius 2 is 1.86 bits per heavy atom. The Morgan fingerprint density at radius 1 is 1.14 bits per heavy atom. The number of rotatable bonds is 6. The van der Waals surface area contributed by atoms with Gasteiger partial charge in [0.15, 0.2) is 0 Å². The molecule has 2 fully saturated rings. The summed E-state index contributed by atoms with van der Waals surface area (Å²) in [6, 6.07) is 11.6. The van der Waals surface area contributed by atoms with Crippen LogP contribution in [0.2, 0.25) is 0 Å². The molecule has 1 saturated heterocycles. The van der Waals surface area contributed by atoms with Gasteiger partial charge in [-0.05, 0) is 56.2 Å². The van der Waals surface area contributed by atoms with Crippen LogP contribution in [0.5, 0.6) is 0 Å². The minimum absolute atomic E-state index is 0.654. The van der Waals surface area contributed by atoms with Crippen LogP contribution in [0.4, 0.5) is 0 Å². The van der Waals surface area contributed by atoms with E-state index < -0.39 is 0 Å². The van der Waals surface area contributed by atoms with Crippen molar-refractivity contribution >= 4 is 0 Å². The highest BCUT2D eigenvalue weighted by Crippen LogP contribution is 2.43. The summed E-state index contributed by atoms with van der Waals surface area (Å²) in [6.45, 7) is 7.22. The minimum atomic E-state index is 0.654. The maximum Gasteiger partial charge on any atom is 0.0233 e. The average molecular weight is 286 g/mol. The largest absolute Gasteiger partial charge is 0.313 e. The molecule has 0 aromatic heterocycles. The van der Waals surface area contributed by atoms with Crippen molar-refractivity contribution in [1.29, 1.82) is 0 Å². The van der Waals surface area contributed by atoms with Crippen LogP contribution >= 0.6 is 0 Å². The molecule has 3 rings (SSSR count). The highest BCUT2D eigenvalue weighted by Gasteiger charge is 2.35. The predicted octanol–water partition coefficient (Wildman–Crippen LogP) is 3.82. The maximum absolute atomic E-state index is 3.87. The molecule has 0 atom stereocenters. The van der Waals surface area contributed by atoms with E-state index in [4.69, 9.17) is 0 Å². The Morgan fingerprint density at radius 3 is 2.43 bits per heavy atom. The Balaban J connectivity index is 1.39. The predicted molar refractivity (Wildman–Crippen MR) is 89.3 cm³/mol. The lowest BCUT2D eigenvalue weighted by atomic mass is 9.67. The van der Waals surface area contributed by atoms with Gasteiger partial charge >= 0.3 is 0 Å². The molecular weight excluding hydrogens is 256 g/mol. The number of nitrogens with one attached hydrogen (secondary N) is 1. The SMILES string of the molecule is CCC1(CNC2CCN(Cc3ccccc3)CC2)CCC1.